The molecule has 32 heavy (non-hydrogen) atoms. The van der Waals surface area contributed by atoms with Gasteiger partial charge in [0, 0.05) is 11.6 Å². The van der Waals surface area contributed by atoms with Crippen molar-refractivity contribution in [3.8, 4) is 11.5 Å². The molecule has 0 unspecified atom stereocenters. The second-order valence-electron chi connectivity index (χ2n) is 7.62. The van der Waals surface area contributed by atoms with E-state index in [0.717, 1.165) is 41.3 Å². The third-order valence-electron chi connectivity index (χ3n) is 5.43. The van der Waals surface area contributed by atoms with Crippen LogP contribution < -0.4 is 9.47 Å². The summed E-state index contributed by atoms with van der Waals surface area (Å²) in [6, 6.07) is 30.1. The zero-order chi connectivity index (χ0) is 21.8. The molecule has 0 aliphatic rings. The van der Waals surface area contributed by atoms with E-state index in [2.05, 4.69) is 34.9 Å². The van der Waals surface area contributed by atoms with E-state index in [1.165, 1.54) is 10.8 Å². The molecular weight excluding hydrogens is 420 g/mol. The first-order valence-electron chi connectivity index (χ1n) is 10.7. The van der Waals surface area contributed by atoms with Crippen molar-refractivity contribution in [1.82, 2.24) is 9.55 Å². The lowest BCUT2D eigenvalue weighted by Crippen LogP contribution is -2.10. The summed E-state index contributed by atoms with van der Waals surface area (Å²) >= 11 is 5.97. The van der Waals surface area contributed by atoms with Gasteiger partial charge >= 0.3 is 0 Å². The highest BCUT2D eigenvalue weighted by Gasteiger charge is 2.11. The van der Waals surface area contributed by atoms with Crippen LogP contribution in [0, 0.1) is 0 Å². The highest BCUT2D eigenvalue weighted by Crippen LogP contribution is 2.22. The number of benzene rings is 4. The smallest absolute Gasteiger partial charge is 0.147 e. The molecule has 5 aromatic rings. The first-order chi connectivity index (χ1) is 15.8. The van der Waals surface area contributed by atoms with Crippen LogP contribution in [-0.2, 0) is 13.2 Å². The van der Waals surface area contributed by atoms with E-state index < -0.39 is 0 Å². The van der Waals surface area contributed by atoms with Gasteiger partial charge in [-0.25, -0.2) is 4.98 Å². The number of halogens is 1. The van der Waals surface area contributed by atoms with Crippen LogP contribution in [0.1, 0.15) is 12.2 Å². The number of aromatic nitrogens is 2. The Balaban J connectivity index is 1.26. The van der Waals surface area contributed by atoms with Crippen molar-refractivity contribution in [1.29, 1.82) is 0 Å². The standard InChI is InChI=1S/C27H23ClN2O2/c28-22-11-14-23(15-12-22)32-19-27-29-25-8-3-4-9-26(25)30(27)16-5-17-31-24-13-10-20-6-1-2-7-21(20)18-24/h1-4,6-15,18H,5,16-17,19H2. The van der Waals surface area contributed by atoms with Gasteiger partial charge in [0.15, 0.2) is 0 Å². The average molecular weight is 443 g/mol. The lowest BCUT2D eigenvalue weighted by molar-refractivity contribution is 0.280. The summed E-state index contributed by atoms with van der Waals surface area (Å²) in [5.41, 5.74) is 2.07. The van der Waals surface area contributed by atoms with Crippen LogP contribution in [0.15, 0.2) is 91.0 Å². The fourth-order valence-corrected chi connectivity index (χ4v) is 3.96. The Morgan fingerprint density at radius 2 is 1.50 bits per heavy atom. The Hall–Kier alpha value is -3.50. The maximum atomic E-state index is 6.03. The Morgan fingerprint density at radius 3 is 2.38 bits per heavy atom. The quantitative estimate of drug-likeness (QED) is 0.245. The Labute approximate surface area is 192 Å². The summed E-state index contributed by atoms with van der Waals surface area (Å²) in [5, 5.41) is 3.10. The molecule has 5 rings (SSSR count). The van der Waals surface area contributed by atoms with Crippen LogP contribution in [0.3, 0.4) is 0 Å². The predicted molar refractivity (Wildman–Crippen MR) is 130 cm³/mol. The Bertz CT molecular complexity index is 1350. The number of hydrogen-bond acceptors (Lipinski definition) is 3. The summed E-state index contributed by atoms with van der Waals surface area (Å²) in [4.78, 5) is 4.79. The summed E-state index contributed by atoms with van der Waals surface area (Å²) in [6.45, 7) is 1.82. The second-order valence-corrected chi connectivity index (χ2v) is 8.06. The van der Waals surface area contributed by atoms with Crippen molar-refractivity contribution in [3.63, 3.8) is 0 Å². The van der Waals surface area contributed by atoms with Crippen LogP contribution in [0.2, 0.25) is 5.02 Å². The van der Waals surface area contributed by atoms with Gasteiger partial charge in [-0.2, -0.15) is 0 Å². The lowest BCUT2D eigenvalue weighted by Gasteiger charge is -2.12. The molecule has 0 bridgehead atoms. The van der Waals surface area contributed by atoms with Gasteiger partial charge in [0.05, 0.1) is 17.6 Å². The van der Waals surface area contributed by atoms with Crippen molar-refractivity contribution in [2.75, 3.05) is 6.61 Å². The predicted octanol–water partition coefficient (Wildman–Crippen LogP) is 6.89. The third-order valence-corrected chi connectivity index (χ3v) is 5.68. The van der Waals surface area contributed by atoms with E-state index in [1.54, 1.807) is 0 Å². The maximum absolute atomic E-state index is 6.03. The Kier molecular flexibility index (Phi) is 5.95. The average Bonchev–Trinajstić information content (AvgIpc) is 3.19. The van der Waals surface area contributed by atoms with Crippen molar-refractivity contribution >= 4 is 33.4 Å². The minimum Gasteiger partial charge on any atom is -0.494 e. The van der Waals surface area contributed by atoms with Crippen molar-refractivity contribution in [2.24, 2.45) is 0 Å². The molecule has 0 N–H and O–H groups in total. The zero-order valence-electron chi connectivity index (χ0n) is 17.6. The van der Waals surface area contributed by atoms with Crippen LogP contribution in [0.25, 0.3) is 21.8 Å². The van der Waals surface area contributed by atoms with Crippen LogP contribution >= 0.6 is 11.6 Å². The van der Waals surface area contributed by atoms with Crippen molar-refractivity contribution < 1.29 is 9.47 Å². The van der Waals surface area contributed by atoms with Crippen LogP contribution in [-0.4, -0.2) is 16.2 Å². The molecule has 0 saturated heterocycles. The largest absolute Gasteiger partial charge is 0.494 e. The molecule has 0 saturated carbocycles. The number of aryl methyl sites for hydroxylation is 1. The number of fused-ring (bicyclic) bond motifs is 2. The SMILES string of the molecule is Clc1ccc(OCc2nc3ccccc3n2CCCOc2ccc3ccccc3c2)cc1. The molecule has 0 aliphatic carbocycles. The number of imidazole rings is 1. The molecule has 0 radical (unpaired) electrons. The lowest BCUT2D eigenvalue weighted by atomic mass is 10.1. The molecule has 4 nitrogen and oxygen atoms in total. The monoisotopic (exact) mass is 442 g/mol. The van der Waals surface area contributed by atoms with Gasteiger partial charge in [0.1, 0.15) is 23.9 Å². The number of para-hydroxylation sites is 2. The number of hydrogen-bond donors (Lipinski definition) is 0. The van der Waals surface area contributed by atoms with Crippen LogP contribution in [0.4, 0.5) is 0 Å². The second kappa shape index (κ2) is 9.33. The van der Waals surface area contributed by atoms with Gasteiger partial charge in [-0.3, -0.25) is 0 Å². The Morgan fingerprint density at radius 1 is 0.750 bits per heavy atom. The molecule has 5 heteroatoms. The third kappa shape index (κ3) is 4.56. The molecule has 4 aromatic carbocycles. The molecule has 1 aromatic heterocycles. The van der Waals surface area contributed by atoms with Gasteiger partial charge in [-0.15, -0.1) is 0 Å². The molecular formula is C27H23ClN2O2. The normalized spacial score (nSPS) is 11.2. The number of nitrogens with zero attached hydrogens (tertiary/aromatic N) is 2. The summed E-state index contributed by atoms with van der Waals surface area (Å²) < 4.78 is 14.2. The maximum Gasteiger partial charge on any atom is 0.147 e. The number of rotatable bonds is 8. The fourth-order valence-electron chi connectivity index (χ4n) is 3.83. The van der Waals surface area contributed by atoms with E-state index in [0.29, 0.717) is 18.2 Å². The van der Waals surface area contributed by atoms with E-state index in [4.69, 9.17) is 26.1 Å². The van der Waals surface area contributed by atoms with Gasteiger partial charge in [-0.05, 0) is 65.7 Å². The summed E-state index contributed by atoms with van der Waals surface area (Å²) in [7, 11) is 0. The van der Waals surface area contributed by atoms with Gasteiger partial charge in [0.2, 0.25) is 0 Å². The molecule has 1 heterocycles. The molecule has 0 fully saturated rings. The molecule has 0 amide bonds. The van der Waals surface area contributed by atoms with E-state index in [-0.39, 0.29) is 0 Å². The van der Waals surface area contributed by atoms with Crippen molar-refractivity contribution in [2.45, 2.75) is 19.6 Å². The van der Waals surface area contributed by atoms with E-state index in [1.807, 2.05) is 60.7 Å². The zero-order valence-corrected chi connectivity index (χ0v) is 18.3. The van der Waals surface area contributed by atoms with Crippen molar-refractivity contribution in [3.05, 3.63) is 102 Å². The number of ether oxygens (including phenoxy) is 2. The van der Waals surface area contributed by atoms with Gasteiger partial charge in [0.25, 0.3) is 0 Å². The van der Waals surface area contributed by atoms with E-state index in [9.17, 15) is 0 Å². The minimum absolute atomic E-state index is 0.391. The highest BCUT2D eigenvalue weighted by molar-refractivity contribution is 6.30. The van der Waals surface area contributed by atoms with Gasteiger partial charge < -0.3 is 14.0 Å². The van der Waals surface area contributed by atoms with E-state index >= 15 is 0 Å². The first-order valence-corrected chi connectivity index (χ1v) is 11.1. The van der Waals surface area contributed by atoms with Gasteiger partial charge in [-0.1, -0.05) is 54.1 Å². The topological polar surface area (TPSA) is 36.3 Å². The first kappa shape index (κ1) is 20.4. The van der Waals surface area contributed by atoms with Crippen LogP contribution in [0.5, 0.6) is 11.5 Å². The minimum atomic E-state index is 0.391. The summed E-state index contributed by atoms with van der Waals surface area (Å²) in [6.07, 6.45) is 0.862. The summed E-state index contributed by atoms with van der Waals surface area (Å²) in [5.74, 6) is 2.56. The fraction of sp³-hybridized carbons (Fsp3) is 0.148. The molecule has 0 atom stereocenters. The molecule has 160 valence electrons. The molecule has 0 aliphatic heterocycles. The molecule has 0 spiro atoms. The highest BCUT2D eigenvalue weighted by atomic mass is 35.5.